The molecule has 3 fully saturated rings. The number of epoxide rings is 1. The van der Waals surface area contributed by atoms with E-state index in [1.807, 2.05) is 39.8 Å². The minimum atomic E-state index is -1.55. The molecular weight excluding hydrogens is 970 g/mol. The number of esters is 1. The molecule has 10 rings (SSSR count). The molecule has 1 spiro atoms. The van der Waals surface area contributed by atoms with E-state index in [1.54, 1.807) is 31.2 Å². The van der Waals surface area contributed by atoms with E-state index in [0.717, 1.165) is 0 Å². The number of nitrogens with zero attached hydrogens (tertiary/aromatic N) is 2. The molecule has 2 aliphatic carbocycles. The van der Waals surface area contributed by atoms with E-state index < -0.39 is 103 Å². The lowest BCUT2D eigenvalue weighted by Crippen LogP contribution is -2.57. The molecule has 3 aromatic rings. The predicted octanol–water partition coefficient (Wildman–Crippen LogP) is 3.51. The van der Waals surface area contributed by atoms with Crippen LogP contribution < -0.4 is 24.3 Å². The molecule has 5 aliphatic heterocycles. The number of rotatable bonds is 11. The number of aromatic hydroxyl groups is 1. The number of fused-ring (bicyclic) bond motifs is 8. The molecule has 0 radical (unpaired) electrons. The van der Waals surface area contributed by atoms with Crippen LogP contribution in [0.25, 0.3) is 10.8 Å². The van der Waals surface area contributed by atoms with Gasteiger partial charge in [0.15, 0.2) is 46.7 Å². The van der Waals surface area contributed by atoms with Gasteiger partial charge in [-0.15, -0.1) is 0 Å². The van der Waals surface area contributed by atoms with Crippen LogP contribution >= 0.6 is 11.6 Å². The molecule has 5 bridgehead atoms. The Bertz CT molecular complexity index is 2840. The van der Waals surface area contributed by atoms with E-state index in [-0.39, 0.29) is 70.6 Å². The summed E-state index contributed by atoms with van der Waals surface area (Å²) in [6, 6.07) is 5.81. The van der Waals surface area contributed by atoms with Crippen molar-refractivity contribution in [3.63, 3.8) is 0 Å². The van der Waals surface area contributed by atoms with Crippen molar-refractivity contribution in [2.45, 2.75) is 145 Å². The maximum Gasteiger partial charge on any atom is 0.329 e. The SMILES string of the molecule is COc1c(OC(C)C)cc2cc(O)c(C(=O)NC3Cc4ccc(c(Cl)n4)O[C@@H]4C=C5C#C/C(=C\C#C[C@H]6O[C@@]56[C@H]4OC4CC(C)(O)C(O)C(C)O4)C(OC4CC(O)C(N(C)C)C(C)O4)COC3=O)cc2c1OC. The lowest BCUT2D eigenvalue weighted by Gasteiger charge is -2.43. The number of benzene rings is 2. The number of aliphatic hydroxyl groups is 3. The summed E-state index contributed by atoms with van der Waals surface area (Å²) in [7, 11) is 6.58. The van der Waals surface area contributed by atoms with Crippen molar-refractivity contribution in [2.24, 2.45) is 0 Å². The van der Waals surface area contributed by atoms with Crippen LogP contribution in [0.3, 0.4) is 0 Å². The molecule has 1 aromatic heterocycles. The third-order valence-electron chi connectivity index (χ3n) is 13.8. The second-order valence-electron chi connectivity index (χ2n) is 19.7. The van der Waals surface area contributed by atoms with Crippen molar-refractivity contribution in [3.05, 3.63) is 70.0 Å². The standard InChI is InChI=1S/C53H60ClN3O16/c1-25(2)67-38-18-29-17-35(58)33(21-32(29)45(64-8)46(38)65-9)50(61)56-34-20-31-15-16-37(49(54)55-31)70-39-19-30-14-13-28(40(24-66-51(34)62)71-42-22-36(59)44(57(6)7)26(3)68-42)11-10-12-41-53(30,73-41)48(39)72-43-23-52(5,63)47(60)27(4)69-43/h11,15-19,21,25-27,34,36,39-44,47-48,58-60,63H,20,22-24H2,1-9H3,(H,56,61)/b28-11+/t26?,27?,34?,36?,39-,40?,41-,42?,43?,44?,47?,48+,52?,53+/m1/s1. The second-order valence-corrected chi connectivity index (χ2v) is 20.1. The van der Waals surface area contributed by atoms with Crippen molar-refractivity contribution in [2.75, 3.05) is 34.9 Å². The largest absolute Gasteiger partial charge is 0.507 e. The molecule has 10 unspecified atom stereocenters. The maximum atomic E-state index is 14.5. The third kappa shape index (κ3) is 10.3. The zero-order chi connectivity index (χ0) is 52.3. The van der Waals surface area contributed by atoms with Crippen molar-refractivity contribution < 1.29 is 77.4 Å². The number of nitrogens with one attached hydrogen (secondary N) is 1. The number of pyridine rings is 1. The molecule has 0 saturated carbocycles. The highest BCUT2D eigenvalue weighted by atomic mass is 35.5. The van der Waals surface area contributed by atoms with Crippen LogP contribution in [-0.2, 0) is 39.6 Å². The second kappa shape index (κ2) is 20.6. The Hall–Kier alpha value is -5.68. The molecule has 390 valence electrons. The maximum absolute atomic E-state index is 14.5. The highest BCUT2D eigenvalue weighted by Crippen LogP contribution is 2.54. The van der Waals surface area contributed by atoms with Crippen molar-refractivity contribution in [1.29, 1.82) is 0 Å². The van der Waals surface area contributed by atoms with Crippen molar-refractivity contribution in [1.82, 2.24) is 15.2 Å². The molecule has 7 aliphatic rings. The number of carbonyl (C=O) groups is 2. The Morgan fingerprint density at radius 3 is 2.47 bits per heavy atom. The molecule has 2 aromatic carbocycles. The van der Waals surface area contributed by atoms with Crippen LogP contribution in [0.2, 0.25) is 5.15 Å². The molecule has 5 N–H and O–H groups in total. The van der Waals surface area contributed by atoms with E-state index >= 15 is 0 Å². The minimum Gasteiger partial charge on any atom is -0.507 e. The first-order valence-electron chi connectivity index (χ1n) is 24.1. The first-order chi connectivity index (χ1) is 34.7. The van der Waals surface area contributed by atoms with Crippen molar-refractivity contribution in [3.8, 4) is 52.4 Å². The third-order valence-corrected chi connectivity index (χ3v) is 14.1. The number of allylic oxidation sites excluding steroid dienone is 1. The van der Waals surface area contributed by atoms with Gasteiger partial charge in [0.1, 0.15) is 42.8 Å². The fourth-order valence-electron chi connectivity index (χ4n) is 10.3. The van der Waals surface area contributed by atoms with Gasteiger partial charge in [0.2, 0.25) is 5.75 Å². The topological polar surface area (TPSA) is 239 Å². The van der Waals surface area contributed by atoms with Gasteiger partial charge in [-0.05, 0) is 90.5 Å². The van der Waals surface area contributed by atoms with E-state index in [1.165, 1.54) is 39.4 Å². The summed E-state index contributed by atoms with van der Waals surface area (Å²) in [6.07, 6.45) is -6.35. The fraction of sp³-hybridized carbons (Fsp3) is 0.528. The highest BCUT2D eigenvalue weighted by Gasteiger charge is 2.70. The monoisotopic (exact) mass is 1030 g/mol. The Morgan fingerprint density at radius 1 is 1.03 bits per heavy atom. The molecule has 73 heavy (non-hydrogen) atoms. The van der Waals surface area contributed by atoms with E-state index in [4.69, 9.17) is 59.0 Å². The van der Waals surface area contributed by atoms with Crippen LogP contribution in [0, 0.1) is 23.7 Å². The Labute approximate surface area is 427 Å². The van der Waals surface area contributed by atoms with Gasteiger partial charge in [-0.25, -0.2) is 9.78 Å². The summed E-state index contributed by atoms with van der Waals surface area (Å²) < 4.78 is 61.9. The summed E-state index contributed by atoms with van der Waals surface area (Å²) in [5.41, 5.74) is -2.05. The molecule has 14 atom stereocenters. The van der Waals surface area contributed by atoms with E-state index in [9.17, 15) is 30.0 Å². The first kappa shape index (κ1) is 52.2. The number of hydrogen-bond donors (Lipinski definition) is 5. The number of carbonyl (C=O) groups excluding carboxylic acids is 2. The van der Waals surface area contributed by atoms with Crippen LogP contribution in [0.4, 0.5) is 0 Å². The number of likely N-dealkylation sites (N-methyl/N-ethyl adjacent to an activating group) is 1. The van der Waals surface area contributed by atoms with E-state index in [0.29, 0.717) is 22.1 Å². The molecule has 3 saturated heterocycles. The number of halogens is 1. The quantitative estimate of drug-likeness (QED) is 0.0800. The molecular formula is C53H60ClN3O16. The summed E-state index contributed by atoms with van der Waals surface area (Å²) >= 11 is 6.86. The van der Waals surface area contributed by atoms with Crippen LogP contribution in [0.5, 0.6) is 28.7 Å². The average molecular weight is 1030 g/mol. The number of ether oxygens (including phenoxy) is 10. The van der Waals surface area contributed by atoms with Gasteiger partial charge in [0.25, 0.3) is 5.91 Å². The fourth-order valence-corrected chi connectivity index (χ4v) is 10.5. The minimum absolute atomic E-state index is 0.0664. The first-order valence-corrected chi connectivity index (χ1v) is 24.5. The number of amides is 1. The molecule has 1 amide bonds. The smallest absolute Gasteiger partial charge is 0.329 e. The van der Waals surface area contributed by atoms with Gasteiger partial charge in [0, 0.05) is 47.6 Å². The van der Waals surface area contributed by atoms with Gasteiger partial charge in [-0.1, -0.05) is 35.3 Å². The predicted molar refractivity (Wildman–Crippen MR) is 261 cm³/mol. The lowest BCUT2D eigenvalue weighted by atomic mass is 9.88. The lowest BCUT2D eigenvalue weighted by molar-refractivity contribution is -0.290. The summed E-state index contributed by atoms with van der Waals surface area (Å²) in [6.45, 7) is 8.20. The van der Waals surface area contributed by atoms with Gasteiger partial charge in [0.05, 0.1) is 55.8 Å². The number of phenolic OH excluding ortho intramolecular Hbond substituents is 1. The number of aromatic nitrogens is 1. The average Bonchev–Trinajstić information content (AvgIpc) is 3.95. The zero-order valence-electron chi connectivity index (χ0n) is 41.8. The van der Waals surface area contributed by atoms with Gasteiger partial charge < -0.3 is 78.0 Å². The summed E-state index contributed by atoms with van der Waals surface area (Å²) in [5, 5.41) is 48.0. The van der Waals surface area contributed by atoms with Crippen molar-refractivity contribution >= 4 is 34.2 Å². The van der Waals surface area contributed by atoms with Crippen LogP contribution in [0.15, 0.2) is 53.6 Å². The van der Waals surface area contributed by atoms with E-state index in [2.05, 4.69) is 34.0 Å². The number of hydrogen-bond acceptors (Lipinski definition) is 18. The normalized spacial score (nSPS) is 34.3. The summed E-state index contributed by atoms with van der Waals surface area (Å²) in [4.78, 5) is 35.3. The molecule has 20 heteroatoms. The van der Waals surface area contributed by atoms with Gasteiger partial charge >= 0.3 is 5.97 Å². The summed E-state index contributed by atoms with van der Waals surface area (Å²) in [5.74, 6) is 11.4. The Morgan fingerprint density at radius 2 is 1.78 bits per heavy atom. The van der Waals surface area contributed by atoms with Gasteiger partial charge in [-0.2, -0.15) is 0 Å². The van der Waals surface area contributed by atoms with Gasteiger partial charge in [-0.3, -0.25) is 4.79 Å². The zero-order valence-corrected chi connectivity index (χ0v) is 42.6. The molecule has 19 nitrogen and oxygen atoms in total. The Balaban J connectivity index is 1.09. The molecule has 6 heterocycles. The Kier molecular flexibility index (Phi) is 14.7. The number of phenols is 1. The number of aliphatic hydroxyl groups excluding tert-OH is 2. The number of methoxy groups -OCH3 is 2. The van der Waals surface area contributed by atoms with Crippen LogP contribution in [0.1, 0.15) is 63.5 Å². The van der Waals surface area contributed by atoms with Crippen LogP contribution in [-0.4, -0.2) is 168 Å². The highest BCUT2D eigenvalue weighted by molar-refractivity contribution is 6.30.